The Kier molecular flexibility index (Phi) is 4.31. The fourth-order valence-corrected chi connectivity index (χ4v) is 4.74. The number of hydrogen-bond donors (Lipinski definition) is 0. The van der Waals surface area contributed by atoms with E-state index >= 15 is 0 Å². The van der Waals surface area contributed by atoms with Crippen molar-refractivity contribution in [2.24, 2.45) is 0 Å². The summed E-state index contributed by atoms with van der Waals surface area (Å²) in [5.41, 5.74) is 2.41. The minimum atomic E-state index is -3.49. The molecular weight excluding hydrogens is 320 g/mol. The van der Waals surface area contributed by atoms with E-state index in [1.54, 1.807) is 17.4 Å². The van der Waals surface area contributed by atoms with E-state index in [0.29, 0.717) is 31.2 Å². The molecule has 22 heavy (non-hydrogen) atoms. The van der Waals surface area contributed by atoms with Crippen LogP contribution in [0.1, 0.15) is 10.6 Å². The van der Waals surface area contributed by atoms with Gasteiger partial charge in [-0.25, -0.2) is 13.4 Å². The van der Waals surface area contributed by atoms with Crippen LogP contribution in [0.15, 0.2) is 28.5 Å². The van der Waals surface area contributed by atoms with E-state index in [-0.39, 0.29) is 0 Å². The summed E-state index contributed by atoms with van der Waals surface area (Å²) in [4.78, 5) is 4.80. The molecule has 0 atom stereocenters. The average molecular weight is 338 g/mol. The predicted octanol–water partition coefficient (Wildman–Crippen LogP) is 2.45. The summed E-state index contributed by atoms with van der Waals surface area (Å²) in [5.74, 6) is 0. The van der Waals surface area contributed by atoms with Gasteiger partial charge in [0.1, 0.15) is 0 Å². The van der Waals surface area contributed by atoms with Gasteiger partial charge >= 0.3 is 0 Å². The largest absolute Gasteiger partial charge is 0.379 e. The van der Waals surface area contributed by atoms with Crippen LogP contribution >= 0.6 is 11.3 Å². The van der Waals surface area contributed by atoms with Gasteiger partial charge in [0.15, 0.2) is 0 Å². The van der Waals surface area contributed by atoms with Crippen molar-refractivity contribution in [2.45, 2.75) is 18.7 Å². The molecule has 0 N–H and O–H groups in total. The van der Waals surface area contributed by atoms with Crippen molar-refractivity contribution in [1.82, 2.24) is 9.29 Å². The average Bonchev–Trinajstić information content (AvgIpc) is 2.95. The number of hydrogen-bond acceptors (Lipinski definition) is 5. The molecule has 2 aromatic rings. The topological polar surface area (TPSA) is 59.5 Å². The number of benzene rings is 1. The second-order valence-corrected chi connectivity index (χ2v) is 8.22. The first kappa shape index (κ1) is 15.6. The van der Waals surface area contributed by atoms with Gasteiger partial charge in [-0.3, -0.25) is 0 Å². The van der Waals surface area contributed by atoms with E-state index in [4.69, 9.17) is 4.74 Å². The van der Waals surface area contributed by atoms with Crippen molar-refractivity contribution in [1.29, 1.82) is 0 Å². The summed E-state index contributed by atoms with van der Waals surface area (Å²) >= 11 is 1.56. The normalized spacial score (nSPS) is 16.8. The van der Waals surface area contributed by atoms with Gasteiger partial charge in [0, 0.05) is 24.0 Å². The van der Waals surface area contributed by atoms with Crippen LogP contribution in [0.4, 0.5) is 0 Å². The van der Waals surface area contributed by atoms with Crippen molar-refractivity contribution in [3.8, 4) is 11.3 Å². The molecule has 118 valence electrons. The lowest BCUT2D eigenvalue weighted by atomic mass is 10.1. The zero-order valence-corrected chi connectivity index (χ0v) is 14.2. The van der Waals surface area contributed by atoms with Gasteiger partial charge in [0.05, 0.1) is 28.8 Å². The van der Waals surface area contributed by atoms with Crippen LogP contribution < -0.4 is 0 Å². The molecule has 1 aromatic heterocycles. The predicted molar refractivity (Wildman–Crippen MR) is 86.6 cm³/mol. The molecule has 1 aromatic carbocycles. The van der Waals surface area contributed by atoms with Crippen LogP contribution in [0.5, 0.6) is 0 Å². The van der Waals surface area contributed by atoms with E-state index < -0.39 is 10.0 Å². The minimum absolute atomic E-state index is 0.359. The maximum absolute atomic E-state index is 12.8. The van der Waals surface area contributed by atoms with E-state index in [1.807, 2.05) is 31.4 Å². The van der Waals surface area contributed by atoms with Gasteiger partial charge < -0.3 is 4.74 Å². The second-order valence-electron chi connectivity index (χ2n) is 5.25. The van der Waals surface area contributed by atoms with E-state index in [9.17, 15) is 8.42 Å². The molecule has 0 aliphatic carbocycles. The molecular formula is C15H18N2O3S2. The third-order valence-electron chi connectivity index (χ3n) is 3.69. The number of aryl methyl sites for hydroxylation is 2. The number of rotatable bonds is 3. The van der Waals surface area contributed by atoms with Crippen molar-refractivity contribution in [3.63, 3.8) is 0 Å². The monoisotopic (exact) mass is 338 g/mol. The Bertz CT molecular complexity index is 778. The molecule has 5 nitrogen and oxygen atoms in total. The van der Waals surface area contributed by atoms with Gasteiger partial charge in [-0.15, -0.1) is 11.3 Å². The molecule has 1 saturated heterocycles. The maximum atomic E-state index is 12.8. The van der Waals surface area contributed by atoms with E-state index in [0.717, 1.165) is 21.8 Å². The quantitative estimate of drug-likeness (QED) is 0.862. The Morgan fingerprint density at radius 3 is 2.59 bits per heavy atom. The van der Waals surface area contributed by atoms with Crippen LogP contribution in [0, 0.1) is 13.8 Å². The lowest BCUT2D eigenvalue weighted by Gasteiger charge is -2.26. The first-order chi connectivity index (χ1) is 10.5. The van der Waals surface area contributed by atoms with Gasteiger partial charge in [-0.2, -0.15) is 4.31 Å². The lowest BCUT2D eigenvalue weighted by Crippen LogP contribution is -2.40. The summed E-state index contributed by atoms with van der Waals surface area (Å²) < 4.78 is 32.4. The first-order valence-electron chi connectivity index (χ1n) is 7.09. The standard InChI is InChI=1S/C15H18N2O3S2/c1-11-3-4-13(14-10-21-12(2)16-14)9-15(11)22(18,19)17-5-7-20-8-6-17/h3-4,9-10H,5-8H2,1-2H3. The van der Waals surface area contributed by atoms with Crippen LogP contribution in [0.25, 0.3) is 11.3 Å². The fourth-order valence-electron chi connectivity index (χ4n) is 2.46. The molecule has 1 fully saturated rings. The summed E-state index contributed by atoms with van der Waals surface area (Å²) in [7, 11) is -3.49. The highest BCUT2D eigenvalue weighted by molar-refractivity contribution is 7.89. The fraction of sp³-hybridized carbons (Fsp3) is 0.400. The summed E-state index contributed by atoms with van der Waals surface area (Å²) in [5, 5.41) is 2.92. The number of ether oxygens (including phenoxy) is 1. The molecule has 1 aliphatic rings. The number of nitrogens with zero attached hydrogens (tertiary/aromatic N) is 2. The molecule has 0 amide bonds. The molecule has 0 bridgehead atoms. The molecule has 1 aliphatic heterocycles. The number of aromatic nitrogens is 1. The van der Waals surface area contributed by atoms with Crippen molar-refractivity contribution in [3.05, 3.63) is 34.2 Å². The molecule has 0 spiro atoms. The molecule has 0 saturated carbocycles. The maximum Gasteiger partial charge on any atom is 0.243 e. The highest BCUT2D eigenvalue weighted by Gasteiger charge is 2.28. The SMILES string of the molecule is Cc1nc(-c2ccc(C)c(S(=O)(=O)N3CCOCC3)c2)cs1. The zero-order chi connectivity index (χ0) is 15.7. The molecule has 7 heteroatoms. The van der Waals surface area contributed by atoms with Gasteiger partial charge in [-0.05, 0) is 25.5 Å². The lowest BCUT2D eigenvalue weighted by molar-refractivity contribution is 0.0730. The Morgan fingerprint density at radius 1 is 1.23 bits per heavy atom. The Labute approximate surface area is 134 Å². The van der Waals surface area contributed by atoms with Crippen LogP contribution in [-0.2, 0) is 14.8 Å². The second kappa shape index (κ2) is 6.08. The van der Waals surface area contributed by atoms with Gasteiger partial charge in [0.25, 0.3) is 0 Å². The first-order valence-corrected chi connectivity index (χ1v) is 9.41. The highest BCUT2D eigenvalue weighted by Crippen LogP contribution is 2.28. The molecule has 0 radical (unpaired) electrons. The Balaban J connectivity index is 2.02. The third-order valence-corrected chi connectivity index (χ3v) is 6.50. The van der Waals surface area contributed by atoms with E-state index in [1.165, 1.54) is 4.31 Å². The zero-order valence-electron chi connectivity index (χ0n) is 12.6. The number of morpholine rings is 1. The smallest absolute Gasteiger partial charge is 0.243 e. The third kappa shape index (κ3) is 2.94. The van der Waals surface area contributed by atoms with Crippen molar-refractivity contribution < 1.29 is 13.2 Å². The van der Waals surface area contributed by atoms with Crippen LogP contribution in [-0.4, -0.2) is 44.0 Å². The van der Waals surface area contributed by atoms with Gasteiger partial charge in [0.2, 0.25) is 10.0 Å². The van der Waals surface area contributed by atoms with Crippen molar-refractivity contribution in [2.75, 3.05) is 26.3 Å². The number of sulfonamides is 1. The van der Waals surface area contributed by atoms with Crippen LogP contribution in [0.2, 0.25) is 0 Å². The van der Waals surface area contributed by atoms with Crippen molar-refractivity contribution >= 4 is 21.4 Å². The summed E-state index contributed by atoms with van der Waals surface area (Å²) in [6.45, 7) is 5.47. The van der Waals surface area contributed by atoms with Crippen LogP contribution in [0.3, 0.4) is 0 Å². The Morgan fingerprint density at radius 2 is 1.95 bits per heavy atom. The summed E-state index contributed by atoms with van der Waals surface area (Å²) in [6, 6.07) is 5.49. The van der Waals surface area contributed by atoms with Gasteiger partial charge in [-0.1, -0.05) is 12.1 Å². The summed E-state index contributed by atoms with van der Waals surface area (Å²) in [6.07, 6.45) is 0. The minimum Gasteiger partial charge on any atom is -0.379 e. The molecule has 3 rings (SSSR count). The number of thiazole rings is 1. The highest BCUT2D eigenvalue weighted by atomic mass is 32.2. The molecule has 0 unspecified atom stereocenters. The Hall–Kier alpha value is -1.28. The van der Waals surface area contributed by atoms with E-state index in [2.05, 4.69) is 4.98 Å². The molecule has 2 heterocycles.